The predicted octanol–water partition coefficient (Wildman–Crippen LogP) is 5.36. The lowest BCUT2D eigenvalue weighted by Crippen LogP contribution is -2.05. The topological polar surface area (TPSA) is 21.3 Å². The van der Waals surface area contributed by atoms with Gasteiger partial charge in [-0.15, -0.1) is 0 Å². The van der Waals surface area contributed by atoms with E-state index in [1.807, 2.05) is 19.1 Å². The van der Waals surface area contributed by atoms with Gasteiger partial charge >= 0.3 is 0 Å². The molecule has 0 bridgehead atoms. The third kappa shape index (κ3) is 3.73. The van der Waals surface area contributed by atoms with Gasteiger partial charge in [0.15, 0.2) is 0 Å². The minimum atomic E-state index is -0.264. The Hall–Kier alpha value is -1.07. The van der Waals surface area contributed by atoms with Gasteiger partial charge in [0.1, 0.15) is 11.6 Å². The van der Waals surface area contributed by atoms with Gasteiger partial charge in [-0.1, -0.05) is 28.1 Å². The average Bonchev–Trinajstić information content (AvgIpc) is 2.41. The average molecular weight is 403 g/mol. The number of nitrogens with one attached hydrogen (secondary N) is 1. The molecule has 1 N–H and O–H groups in total. The molecule has 0 saturated heterocycles. The molecule has 0 atom stereocenters. The summed E-state index contributed by atoms with van der Waals surface area (Å²) in [5, 5.41) is 3.09. The number of hydrogen-bond acceptors (Lipinski definition) is 2. The van der Waals surface area contributed by atoms with E-state index in [9.17, 15) is 4.39 Å². The summed E-state index contributed by atoms with van der Waals surface area (Å²) in [5.41, 5.74) is 1.43. The Kier molecular flexibility index (Phi) is 5.43. The number of para-hydroxylation sites is 1. The number of rotatable bonds is 5. The van der Waals surface area contributed by atoms with E-state index in [4.69, 9.17) is 4.74 Å². The number of anilines is 1. The van der Waals surface area contributed by atoms with Crippen molar-refractivity contribution in [2.75, 3.05) is 11.9 Å². The van der Waals surface area contributed by atoms with E-state index in [-0.39, 0.29) is 5.82 Å². The standard InChI is InChI=1S/C15H14Br2FNO/c1-2-20-15-10(7-11(16)8-12(15)17)9-19-14-6-4-3-5-13(14)18/h3-8,19H,2,9H2,1H3. The van der Waals surface area contributed by atoms with Crippen LogP contribution in [0.2, 0.25) is 0 Å². The van der Waals surface area contributed by atoms with E-state index in [0.717, 1.165) is 20.3 Å². The summed E-state index contributed by atoms with van der Waals surface area (Å²) in [6.07, 6.45) is 0. The summed E-state index contributed by atoms with van der Waals surface area (Å²) in [4.78, 5) is 0. The third-order valence-electron chi connectivity index (χ3n) is 2.72. The Morgan fingerprint density at radius 1 is 1.20 bits per heavy atom. The van der Waals surface area contributed by atoms with Crippen LogP contribution in [0.4, 0.5) is 10.1 Å². The van der Waals surface area contributed by atoms with Gasteiger partial charge in [-0.2, -0.15) is 0 Å². The number of ether oxygens (including phenoxy) is 1. The van der Waals surface area contributed by atoms with Crippen molar-refractivity contribution >= 4 is 37.5 Å². The molecule has 0 aliphatic rings. The lowest BCUT2D eigenvalue weighted by atomic mass is 10.2. The first-order valence-corrected chi connectivity index (χ1v) is 7.79. The van der Waals surface area contributed by atoms with Crippen LogP contribution in [0.15, 0.2) is 45.3 Å². The van der Waals surface area contributed by atoms with E-state index in [1.54, 1.807) is 18.2 Å². The first-order chi connectivity index (χ1) is 9.61. The Labute approximate surface area is 134 Å². The highest BCUT2D eigenvalue weighted by molar-refractivity contribution is 9.11. The van der Waals surface area contributed by atoms with E-state index in [1.165, 1.54) is 6.07 Å². The van der Waals surface area contributed by atoms with Crippen molar-refractivity contribution in [3.05, 3.63) is 56.7 Å². The molecule has 20 heavy (non-hydrogen) atoms. The van der Waals surface area contributed by atoms with Crippen molar-refractivity contribution in [2.45, 2.75) is 13.5 Å². The highest BCUT2D eigenvalue weighted by Gasteiger charge is 2.10. The third-order valence-corrected chi connectivity index (χ3v) is 3.76. The summed E-state index contributed by atoms with van der Waals surface area (Å²) < 4.78 is 21.0. The Bertz CT molecular complexity index is 604. The molecule has 0 amide bonds. The fourth-order valence-electron chi connectivity index (χ4n) is 1.85. The lowest BCUT2D eigenvalue weighted by molar-refractivity contribution is 0.334. The molecule has 5 heteroatoms. The van der Waals surface area contributed by atoms with Crippen molar-refractivity contribution in [1.82, 2.24) is 0 Å². The zero-order valence-corrected chi connectivity index (χ0v) is 14.1. The zero-order chi connectivity index (χ0) is 14.5. The fourth-order valence-corrected chi connectivity index (χ4v) is 3.27. The van der Waals surface area contributed by atoms with Gasteiger partial charge in [-0.3, -0.25) is 0 Å². The normalized spacial score (nSPS) is 10.4. The van der Waals surface area contributed by atoms with Gasteiger partial charge in [0.2, 0.25) is 0 Å². The Morgan fingerprint density at radius 2 is 1.95 bits per heavy atom. The second kappa shape index (κ2) is 7.09. The molecule has 0 saturated carbocycles. The smallest absolute Gasteiger partial charge is 0.146 e. The second-order valence-electron chi connectivity index (χ2n) is 4.14. The molecule has 2 nitrogen and oxygen atoms in total. The SMILES string of the molecule is CCOc1c(Br)cc(Br)cc1CNc1ccccc1F. The molecule has 106 valence electrons. The van der Waals surface area contributed by atoms with E-state index in [0.29, 0.717) is 18.8 Å². The molecule has 2 rings (SSSR count). The molecular weight excluding hydrogens is 389 g/mol. The van der Waals surface area contributed by atoms with Crippen LogP contribution in [0.1, 0.15) is 12.5 Å². The zero-order valence-electron chi connectivity index (χ0n) is 10.9. The Morgan fingerprint density at radius 3 is 2.65 bits per heavy atom. The fraction of sp³-hybridized carbons (Fsp3) is 0.200. The lowest BCUT2D eigenvalue weighted by Gasteiger charge is -2.14. The predicted molar refractivity (Wildman–Crippen MR) is 86.7 cm³/mol. The molecule has 0 heterocycles. The van der Waals surface area contributed by atoms with Crippen molar-refractivity contribution in [3.63, 3.8) is 0 Å². The molecule has 2 aromatic rings. The highest BCUT2D eigenvalue weighted by Crippen LogP contribution is 2.33. The van der Waals surface area contributed by atoms with Crippen molar-refractivity contribution in [1.29, 1.82) is 0 Å². The molecule has 0 unspecified atom stereocenters. The molecule has 0 radical (unpaired) electrons. The summed E-state index contributed by atoms with van der Waals surface area (Å²) in [7, 11) is 0. The largest absolute Gasteiger partial charge is 0.492 e. The maximum Gasteiger partial charge on any atom is 0.146 e. The van der Waals surface area contributed by atoms with Crippen LogP contribution in [-0.2, 0) is 6.54 Å². The molecular formula is C15H14Br2FNO. The summed E-state index contributed by atoms with van der Waals surface area (Å²) in [6.45, 7) is 2.99. The van der Waals surface area contributed by atoms with Gasteiger partial charge in [0, 0.05) is 16.6 Å². The van der Waals surface area contributed by atoms with Crippen molar-refractivity contribution < 1.29 is 9.13 Å². The Balaban J connectivity index is 2.22. The molecule has 0 fully saturated rings. The van der Waals surface area contributed by atoms with Crippen LogP contribution < -0.4 is 10.1 Å². The van der Waals surface area contributed by atoms with Gasteiger partial charge in [-0.25, -0.2) is 4.39 Å². The van der Waals surface area contributed by atoms with E-state index in [2.05, 4.69) is 37.2 Å². The number of halogens is 3. The van der Waals surface area contributed by atoms with Gasteiger partial charge < -0.3 is 10.1 Å². The minimum absolute atomic E-state index is 0.264. The molecule has 0 aromatic heterocycles. The van der Waals surface area contributed by atoms with Crippen LogP contribution in [-0.4, -0.2) is 6.61 Å². The van der Waals surface area contributed by atoms with Gasteiger partial charge in [0.25, 0.3) is 0 Å². The highest BCUT2D eigenvalue weighted by atomic mass is 79.9. The number of hydrogen-bond donors (Lipinski definition) is 1. The summed E-state index contributed by atoms with van der Waals surface area (Å²) in [5.74, 6) is 0.513. The van der Waals surface area contributed by atoms with Gasteiger partial charge in [0.05, 0.1) is 16.8 Å². The maximum absolute atomic E-state index is 13.6. The van der Waals surface area contributed by atoms with E-state index < -0.39 is 0 Å². The van der Waals surface area contributed by atoms with Gasteiger partial charge in [-0.05, 0) is 47.1 Å². The molecule has 2 aromatic carbocycles. The van der Waals surface area contributed by atoms with Crippen LogP contribution in [0.5, 0.6) is 5.75 Å². The number of benzene rings is 2. The van der Waals surface area contributed by atoms with Crippen LogP contribution in [0.3, 0.4) is 0 Å². The van der Waals surface area contributed by atoms with Crippen molar-refractivity contribution in [2.24, 2.45) is 0 Å². The quantitative estimate of drug-likeness (QED) is 0.726. The molecule has 0 aliphatic carbocycles. The minimum Gasteiger partial charge on any atom is -0.492 e. The first-order valence-electron chi connectivity index (χ1n) is 6.21. The second-order valence-corrected chi connectivity index (χ2v) is 5.91. The van der Waals surface area contributed by atoms with E-state index >= 15 is 0 Å². The van der Waals surface area contributed by atoms with Crippen LogP contribution in [0, 0.1) is 5.82 Å². The van der Waals surface area contributed by atoms with Crippen LogP contribution in [0.25, 0.3) is 0 Å². The van der Waals surface area contributed by atoms with Crippen molar-refractivity contribution in [3.8, 4) is 5.75 Å². The molecule has 0 aliphatic heterocycles. The molecule has 0 spiro atoms. The monoisotopic (exact) mass is 401 g/mol. The summed E-state index contributed by atoms with van der Waals surface area (Å²) in [6, 6.07) is 10.5. The maximum atomic E-state index is 13.6. The van der Waals surface area contributed by atoms with Crippen LogP contribution >= 0.6 is 31.9 Å². The summed E-state index contributed by atoms with van der Waals surface area (Å²) >= 11 is 6.93. The first kappa shape index (κ1) is 15.3.